The zero-order valence-corrected chi connectivity index (χ0v) is 12.5. The maximum Gasteiger partial charge on any atom is 0.223 e. The van der Waals surface area contributed by atoms with Gasteiger partial charge in [0.25, 0.3) is 0 Å². The molecule has 1 aliphatic heterocycles. The number of fused-ring (bicyclic) bond motifs is 1. The second-order valence-corrected chi connectivity index (χ2v) is 5.84. The van der Waals surface area contributed by atoms with Crippen LogP contribution in [-0.4, -0.2) is 21.1 Å². The lowest BCUT2D eigenvalue weighted by atomic mass is 10.1. The summed E-state index contributed by atoms with van der Waals surface area (Å²) in [6, 6.07) is 9.63. The zero-order valence-electron chi connectivity index (χ0n) is 11.8. The highest BCUT2D eigenvalue weighted by molar-refractivity contribution is 6.30. The van der Waals surface area contributed by atoms with Gasteiger partial charge in [0, 0.05) is 42.5 Å². The lowest BCUT2D eigenvalue weighted by molar-refractivity contribution is 0.164. The minimum absolute atomic E-state index is 0.182. The van der Waals surface area contributed by atoms with Gasteiger partial charge in [0.2, 0.25) is 5.43 Å². The van der Waals surface area contributed by atoms with Gasteiger partial charge in [-0.05, 0) is 24.6 Å². The molecule has 0 amide bonds. The summed E-state index contributed by atoms with van der Waals surface area (Å²) in [6.07, 6.45) is 1.53. The topological polar surface area (TPSA) is 45.5 Å². The van der Waals surface area contributed by atoms with Crippen molar-refractivity contribution in [1.29, 1.82) is 0 Å². The van der Waals surface area contributed by atoms with Crippen LogP contribution in [0.15, 0.2) is 41.3 Å². The van der Waals surface area contributed by atoms with E-state index in [9.17, 15) is 9.90 Å². The number of rotatable bonds is 2. The standard InChI is InChI=1S/C16H17ClN2O2/c1-11(12-2-4-13(17)5-3-12)18-6-7-19-10-16(21)15(20)8-14(19)9-18/h2-5,8,10-11,21H,6-7,9H2,1H3. The van der Waals surface area contributed by atoms with Crippen LogP contribution in [0.2, 0.25) is 5.02 Å². The van der Waals surface area contributed by atoms with Gasteiger partial charge in [-0.2, -0.15) is 0 Å². The minimum Gasteiger partial charge on any atom is -0.503 e. The van der Waals surface area contributed by atoms with E-state index in [1.54, 1.807) is 0 Å². The van der Waals surface area contributed by atoms with Crippen molar-refractivity contribution in [3.05, 3.63) is 63.0 Å². The molecule has 0 spiro atoms. The molecule has 3 rings (SSSR count). The second-order valence-electron chi connectivity index (χ2n) is 5.41. The summed E-state index contributed by atoms with van der Waals surface area (Å²) in [6.45, 7) is 4.48. The Morgan fingerprint density at radius 2 is 1.95 bits per heavy atom. The van der Waals surface area contributed by atoms with E-state index >= 15 is 0 Å². The Morgan fingerprint density at radius 1 is 1.24 bits per heavy atom. The first-order valence-corrected chi connectivity index (χ1v) is 7.34. The molecule has 1 aliphatic rings. The summed E-state index contributed by atoms with van der Waals surface area (Å²) in [5, 5.41) is 10.2. The molecule has 2 aromatic rings. The number of benzene rings is 1. The Labute approximate surface area is 128 Å². The molecule has 0 aliphatic carbocycles. The number of aromatic hydroxyl groups is 1. The highest BCUT2D eigenvalue weighted by Gasteiger charge is 2.22. The predicted molar refractivity (Wildman–Crippen MR) is 82.6 cm³/mol. The first-order chi connectivity index (χ1) is 10.0. The van der Waals surface area contributed by atoms with Gasteiger partial charge in [-0.3, -0.25) is 9.69 Å². The van der Waals surface area contributed by atoms with Crippen molar-refractivity contribution >= 4 is 11.6 Å². The Balaban J connectivity index is 1.84. The van der Waals surface area contributed by atoms with Crippen molar-refractivity contribution in [2.45, 2.75) is 26.1 Å². The number of hydrogen-bond acceptors (Lipinski definition) is 3. The molecule has 5 heteroatoms. The van der Waals surface area contributed by atoms with Crippen LogP contribution in [0.5, 0.6) is 5.75 Å². The third kappa shape index (κ3) is 2.82. The fourth-order valence-electron chi connectivity index (χ4n) is 2.75. The molecule has 0 saturated heterocycles. The molecule has 0 radical (unpaired) electrons. The van der Waals surface area contributed by atoms with Crippen LogP contribution < -0.4 is 5.43 Å². The largest absolute Gasteiger partial charge is 0.503 e. The fourth-order valence-corrected chi connectivity index (χ4v) is 2.88. The predicted octanol–water partition coefficient (Wildman–Crippen LogP) is 2.78. The lowest BCUT2D eigenvalue weighted by Gasteiger charge is -2.34. The first kappa shape index (κ1) is 14.2. The molecule has 0 fully saturated rings. The fraction of sp³-hybridized carbons (Fsp3) is 0.312. The molecule has 0 saturated carbocycles. The monoisotopic (exact) mass is 304 g/mol. The summed E-state index contributed by atoms with van der Waals surface area (Å²) < 4.78 is 1.95. The van der Waals surface area contributed by atoms with Crippen molar-refractivity contribution in [3.8, 4) is 5.75 Å². The van der Waals surface area contributed by atoms with Crippen molar-refractivity contribution in [2.75, 3.05) is 6.54 Å². The van der Waals surface area contributed by atoms with Crippen LogP contribution in [0.3, 0.4) is 0 Å². The second kappa shape index (κ2) is 5.54. The normalized spacial score (nSPS) is 16.5. The summed E-state index contributed by atoms with van der Waals surface area (Å²) in [7, 11) is 0. The summed E-state index contributed by atoms with van der Waals surface area (Å²) in [4.78, 5) is 13.9. The summed E-state index contributed by atoms with van der Waals surface area (Å²) >= 11 is 5.93. The van der Waals surface area contributed by atoms with Gasteiger partial charge < -0.3 is 9.67 Å². The number of pyridine rings is 1. The maximum atomic E-state index is 11.6. The zero-order chi connectivity index (χ0) is 15.0. The van der Waals surface area contributed by atoms with Crippen LogP contribution in [0.1, 0.15) is 24.2 Å². The molecule has 1 unspecified atom stereocenters. The molecule has 21 heavy (non-hydrogen) atoms. The van der Waals surface area contributed by atoms with Crippen LogP contribution in [0.4, 0.5) is 0 Å². The SMILES string of the molecule is CC(c1ccc(Cl)cc1)N1CCn2cc(O)c(=O)cc2C1. The molecular formula is C16H17ClN2O2. The average molecular weight is 305 g/mol. The average Bonchev–Trinajstić information content (AvgIpc) is 2.48. The Morgan fingerprint density at radius 3 is 2.67 bits per heavy atom. The Bertz CT molecular complexity index is 709. The van der Waals surface area contributed by atoms with Crippen molar-refractivity contribution < 1.29 is 5.11 Å². The van der Waals surface area contributed by atoms with Gasteiger partial charge in [-0.15, -0.1) is 0 Å². The number of aromatic nitrogens is 1. The highest BCUT2D eigenvalue weighted by Crippen LogP contribution is 2.26. The van der Waals surface area contributed by atoms with Crippen molar-refractivity contribution in [1.82, 2.24) is 9.47 Å². The van der Waals surface area contributed by atoms with Crippen LogP contribution in [0, 0.1) is 0 Å². The van der Waals surface area contributed by atoms with E-state index in [1.807, 2.05) is 28.8 Å². The first-order valence-electron chi connectivity index (χ1n) is 6.96. The van der Waals surface area contributed by atoms with Crippen LogP contribution in [0.25, 0.3) is 0 Å². The van der Waals surface area contributed by atoms with Crippen LogP contribution in [-0.2, 0) is 13.1 Å². The minimum atomic E-state index is -0.317. The van der Waals surface area contributed by atoms with Gasteiger partial charge in [0.15, 0.2) is 5.75 Å². The van der Waals surface area contributed by atoms with Gasteiger partial charge >= 0.3 is 0 Å². The molecular weight excluding hydrogens is 288 g/mol. The summed E-state index contributed by atoms with van der Waals surface area (Å²) in [5.74, 6) is -0.182. The maximum absolute atomic E-state index is 11.6. The Hall–Kier alpha value is -1.78. The third-order valence-electron chi connectivity index (χ3n) is 4.09. The molecule has 2 heterocycles. The molecule has 1 aromatic heterocycles. The highest BCUT2D eigenvalue weighted by atomic mass is 35.5. The van der Waals surface area contributed by atoms with Gasteiger partial charge in [0.05, 0.1) is 6.20 Å². The van der Waals surface area contributed by atoms with E-state index in [2.05, 4.69) is 11.8 Å². The van der Waals surface area contributed by atoms with Gasteiger partial charge in [-0.25, -0.2) is 0 Å². The van der Waals surface area contributed by atoms with E-state index in [1.165, 1.54) is 17.8 Å². The van der Waals surface area contributed by atoms with Gasteiger partial charge in [0.1, 0.15) is 0 Å². The molecule has 4 nitrogen and oxygen atoms in total. The van der Waals surface area contributed by atoms with E-state index in [-0.39, 0.29) is 17.2 Å². The molecule has 1 aromatic carbocycles. The van der Waals surface area contributed by atoms with E-state index in [0.29, 0.717) is 6.54 Å². The number of halogens is 1. The third-order valence-corrected chi connectivity index (χ3v) is 4.34. The van der Waals surface area contributed by atoms with E-state index < -0.39 is 0 Å². The molecule has 110 valence electrons. The smallest absolute Gasteiger partial charge is 0.223 e. The molecule has 1 N–H and O–H groups in total. The summed E-state index contributed by atoms with van der Waals surface area (Å²) in [5.41, 5.74) is 1.82. The quantitative estimate of drug-likeness (QED) is 0.928. The molecule has 0 bridgehead atoms. The number of nitrogens with zero attached hydrogens (tertiary/aromatic N) is 2. The molecule has 1 atom stereocenters. The Kier molecular flexibility index (Phi) is 3.74. The van der Waals surface area contributed by atoms with Crippen molar-refractivity contribution in [2.24, 2.45) is 0 Å². The van der Waals surface area contributed by atoms with E-state index in [4.69, 9.17) is 11.6 Å². The van der Waals surface area contributed by atoms with Gasteiger partial charge in [-0.1, -0.05) is 23.7 Å². The lowest BCUT2D eigenvalue weighted by Crippen LogP contribution is -2.36. The van der Waals surface area contributed by atoms with Crippen LogP contribution >= 0.6 is 11.6 Å². The van der Waals surface area contributed by atoms with E-state index in [0.717, 1.165) is 23.8 Å². The number of hydrogen-bond donors (Lipinski definition) is 1. The van der Waals surface area contributed by atoms with Crippen molar-refractivity contribution in [3.63, 3.8) is 0 Å².